The largest absolute Gasteiger partial charge is 0.462 e. The van der Waals surface area contributed by atoms with Crippen molar-refractivity contribution in [3.05, 3.63) is 36.5 Å². The average Bonchev–Trinajstić information content (AvgIpc) is 3.37. The van der Waals surface area contributed by atoms with Crippen LogP contribution in [0.15, 0.2) is 36.5 Å². The van der Waals surface area contributed by atoms with Crippen LogP contribution in [0.5, 0.6) is 0 Å². The zero-order valence-electron chi connectivity index (χ0n) is 47.8. The lowest BCUT2D eigenvalue weighted by molar-refractivity contribution is -0.167. The topological polar surface area (TPSA) is 78.9 Å². The predicted molar refractivity (Wildman–Crippen MR) is 307 cm³/mol. The third-order valence-electron chi connectivity index (χ3n) is 14.1. The number of hydrogen-bond donors (Lipinski definition) is 0. The van der Waals surface area contributed by atoms with E-state index in [0.29, 0.717) is 19.3 Å². The molecule has 6 nitrogen and oxygen atoms in total. The van der Waals surface area contributed by atoms with E-state index in [0.717, 1.165) is 70.6 Å². The molecule has 1 atom stereocenters. The summed E-state index contributed by atoms with van der Waals surface area (Å²) in [6, 6.07) is 0. The molecule has 416 valence electrons. The first kappa shape index (κ1) is 68.6. The van der Waals surface area contributed by atoms with Gasteiger partial charge >= 0.3 is 17.9 Å². The Labute approximate surface area is 442 Å². The minimum Gasteiger partial charge on any atom is -0.462 e. The maximum Gasteiger partial charge on any atom is 0.306 e. The van der Waals surface area contributed by atoms with Crippen LogP contribution >= 0.6 is 0 Å². The summed E-state index contributed by atoms with van der Waals surface area (Å²) in [5.41, 5.74) is 0. The van der Waals surface area contributed by atoms with E-state index < -0.39 is 6.10 Å². The Bertz CT molecular complexity index is 1190. The molecule has 0 bridgehead atoms. The van der Waals surface area contributed by atoms with Gasteiger partial charge in [0.15, 0.2) is 6.10 Å². The lowest BCUT2D eigenvalue weighted by atomic mass is 10.0. The van der Waals surface area contributed by atoms with Crippen LogP contribution in [0, 0.1) is 0 Å². The minimum atomic E-state index is -0.776. The molecule has 0 aromatic heterocycles. The van der Waals surface area contributed by atoms with Crippen molar-refractivity contribution in [1.29, 1.82) is 0 Å². The normalized spacial score (nSPS) is 12.2. The zero-order valence-corrected chi connectivity index (χ0v) is 47.8. The number of unbranched alkanes of at least 4 members (excludes halogenated alkanes) is 41. The summed E-state index contributed by atoms with van der Waals surface area (Å²) in [7, 11) is 0. The summed E-state index contributed by atoms with van der Waals surface area (Å²) in [6.45, 7) is 6.66. The van der Waals surface area contributed by atoms with Gasteiger partial charge in [-0.1, -0.05) is 282 Å². The van der Waals surface area contributed by atoms with E-state index in [1.165, 1.54) is 231 Å². The summed E-state index contributed by atoms with van der Waals surface area (Å²) >= 11 is 0. The van der Waals surface area contributed by atoms with Crippen LogP contribution in [0.4, 0.5) is 0 Å². The lowest BCUT2D eigenvalue weighted by Crippen LogP contribution is -2.30. The van der Waals surface area contributed by atoms with Crippen LogP contribution in [0.3, 0.4) is 0 Å². The Kier molecular flexibility index (Phi) is 58.2. The molecular formula is C65H120O6. The van der Waals surface area contributed by atoms with Crippen molar-refractivity contribution in [3.8, 4) is 0 Å². The van der Waals surface area contributed by atoms with Gasteiger partial charge in [0.05, 0.1) is 0 Å². The van der Waals surface area contributed by atoms with Crippen LogP contribution in [0.1, 0.15) is 342 Å². The standard InChI is InChI=1S/C65H120O6/c1-4-7-10-13-16-19-22-25-28-31-32-35-37-40-43-46-49-52-55-58-64(67)70-61-62(71-65(68)59-56-53-50-47-44-41-38-34-30-27-24-21-18-15-12-9-6-3)60-69-63(66)57-54-51-48-45-42-39-36-33-29-26-23-20-17-14-11-8-5-2/h18,21,27,30-32,62H,4-17,19-20,22-26,28-29,33-61H2,1-3H3/b21-18-,30-27-,32-31-. The van der Waals surface area contributed by atoms with Crippen LogP contribution in [0.2, 0.25) is 0 Å². The van der Waals surface area contributed by atoms with Gasteiger partial charge in [0.1, 0.15) is 13.2 Å². The molecule has 0 saturated heterocycles. The highest BCUT2D eigenvalue weighted by atomic mass is 16.6. The maximum absolute atomic E-state index is 12.9. The van der Waals surface area contributed by atoms with Crippen molar-refractivity contribution in [3.63, 3.8) is 0 Å². The van der Waals surface area contributed by atoms with Crippen LogP contribution in [0.25, 0.3) is 0 Å². The average molecular weight is 998 g/mol. The highest BCUT2D eigenvalue weighted by Gasteiger charge is 2.19. The molecule has 0 aliphatic heterocycles. The van der Waals surface area contributed by atoms with Crippen molar-refractivity contribution in [2.75, 3.05) is 13.2 Å². The minimum absolute atomic E-state index is 0.0726. The van der Waals surface area contributed by atoms with Gasteiger partial charge in [0.2, 0.25) is 0 Å². The molecule has 0 fully saturated rings. The van der Waals surface area contributed by atoms with E-state index in [1.807, 2.05) is 0 Å². The van der Waals surface area contributed by atoms with Crippen LogP contribution in [-0.2, 0) is 28.6 Å². The summed E-state index contributed by atoms with van der Waals surface area (Å²) in [5, 5.41) is 0. The van der Waals surface area contributed by atoms with Crippen LogP contribution in [-0.4, -0.2) is 37.2 Å². The van der Waals surface area contributed by atoms with Crippen molar-refractivity contribution < 1.29 is 28.6 Å². The second-order valence-corrected chi connectivity index (χ2v) is 21.3. The van der Waals surface area contributed by atoms with Crippen molar-refractivity contribution >= 4 is 17.9 Å². The molecule has 0 rings (SSSR count). The summed E-state index contributed by atoms with van der Waals surface area (Å²) in [4.78, 5) is 38.3. The number of esters is 3. The monoisotopic (exact) mass is 997 g/mol. The summed E-state index contributed by atoms with van der Waals surface area (Å²) < 4.78 is 16.9. The van der Waals surface area contributed by atoms with Crippen LogP contribution < -0.4 is 0 Å². The molecule has 0 heterocycles. The first-order valence-electron chi connectivity index (χ1n) is 31.5. The van der Waals surface area contributed by atoms with E-state index in [1.54, 1.807) is 0 Å². The van der Waals surface area contributed by atoms with E-state index in [-0.39, 0.29) is 31.1 Å². The first-order valence-corrected chi connectivity index (χ1v) is 31.5. The van der Waals surface area contributed by atoms with Crippen molar-refractivity contribution in [2.24, 2.45) is 0 Å². The number of rotatable bonds is 58. The van der Waals surface area contributed by atoms with Gasteiger partial charge in [-0.2, -0.15) is 0 Å². The molecule has 0 radical (unpaired) electrons. The lowest BCUT2D eigenvalue weighted by Gasteiger charge is -2.18. The van der Waals surface area contributed by atoms with E-state index in [2.05, 4.69) is 57.2 Å². The first-order chi connectivity index (χ1) is 35.0. The number of ether oxygens (including phenoxy) is 3. The second kappa shape index (κ2) is 60.2. The molecule has 0 N–H and O–H groups in total. The molecule has 0 aliphatic carbocycles. The van der Waals surface area contributed by atoms with Gasteiger partial charge < -0.3 is 14.2 Å². The van der Waals surface area contributed by atoms with E-state index >= 15 is 0 Å². The fourth-order valence-electron chi connectivity index (χ4n) is 9.35. The molecule has 0 aliphatic rings. The third kappa shape index (κ3) is 58.4. The Morgan fingerprint density at radius 2 is 0.507 bits per heavy atom. The Balaban J connectivity index is 4.35. The van der Waals surface area contributed by atoms with Gasteiger partial charge in [-0.25, -0.2) is 0 Å². The number of allylic oxidation sites excluding steroid dienone is 6. The molecule has 1 unspecified atom stereocenters. The van der Waals surface area contributed by atoms with Gasteiger partial charge in [-0.15, -0.1) is 0 Å². The predicted octanol–water partition coefficient (Wildman–Crippen LogP) is 21.2. The molecule has 71 heavy (non-hydrogen) atoms. The molecule has 0 amide bonds. The fraction of sp³-hybridized carbons (Fsp3) is 0.862. The maximum atomic E-state index is 12.9. The second-order valence-electron chi connectivity index (χ2n) is 21.3. The SMILES string of the molecule is CCCCC/C=C\C/C=C\CCCCCCCCCC(=O)OC(COC(=O)CCCCCCCCC/C=C\CCCCCCCCCC)COC(=O)CCCCCCCCCCCCCCCCCCC. The van der Waals surface area contributed by atoms with Gasteiger partial charge in [-0.05, 0) is 77.0 Å². The molecule has 0 aromatic carbocycles. The van der Waals surface area contributed by atoms with E-state index in [9.17, 15) is 14.4 Å². The molecule has 6 heteroatoms. The molecule has 0 spiro atoms. The molecule has 0 saturated carbocycles. The van der Waals surface area contributed by atoms with Gasteiger partial charge in [-0.3, -0.25) is 14.4 Å². The zero-order chi connectivity index (χ0) is 51.4. The van der Waals surface area contributed by atoms with Gasteiger partial charge in [0, 0.05) is 19.3 Å². The third-order valence-corrected chi connectivity index (χ3v) is 14.1. The quantitative estimate of drug-likeness (QED) is 0.0261. The number of carbonyl (C=O) groups is 3. The Morgan fingerprint density at radius 3 is 0.817 bits per heavy atom. The summed E-state index contributed by atoms with van der Waals surface area (Å²) in [6.07, 6.45) is 72.8. The highest BCUT2D eigenvalue weighted by Crippen LogP contribution is 2.17. The van der Waals surface area contributed by atoms with Gasteiger partial charge in [0.25, 0.3) is 0 Å². The Morgan fingerprint density at radius 1 is 0.282 bits per heavy atom. The van der Waals surface area contributed by atoms with Crippen molar-refractivity contribution in [2.45, 2.75) is 348 Å². The fourth-order valence-corrected chi connectivity index (χ4v) is 9.35. The van der Waals surface area contributed by atoms with Crippen molar-refractivity contribution in [1.82, 2.24) is 0 Å². The molecule has 0 aromatic rings. The number of carbonyl (C=O) groups excluding carboxylic acids is 3. The van der Waals surface area contributed by atoms with E-state index in [4.69, 9.17) is 14.2 Å². The molecular weight excluding hydrogens is 877 g/mol. The summed E-state index contributed by atoms with van der Waals surface area (Å²) in [5.74, 6) is -0.862. The smallest absolute Gasteiger partial charge is 0.306 e. The Hall–Kier alpha value is -2.37. The highest BCUT2D eigenvalue weighted by molar-refractivity contribution is 5.71. The number of hydrogen-bond acceptors (Lipinski definition) is 6.